The molecule has 2 aliphatic rings. The predicted molar refractivity (Wildman–Crippen MR) is 78.1 cm³/mol. The smallest absolute Gasteiger partial charge is 0.0766 e. The number of aromatic nitrogens is 2. The Hall–Kier alpha value is -0.390. The molecule has 2 unspecified atom stereocenters. The van der Waals surface area contributed by atoms with Gasteiger partial charge in [0.25, 0.3) is 0 Å². The molecule has 5 heteroatoms. The second-order valence-corrected chi connectivity index (χ2v) is 6.92. The Morgan fingerprint density at radius 3 is 2.58 bits per heavy atom. The normalized spacial score (nSPS) is 33.9. The predicted octanol–water partition coefficient (Wildman–Crippen LogP) is 1.93. The first-order chi connectivity index (χ1) is 9.00. The summed E-state index contributed by atoms with van der Waals surface area (Å²) in [5.74, 6) is 0. The van der Waals surface area contributed by atoms with Gasteiger partial charge in [-0.25, -0.2) is 0 Å². The summed E-state index contributed by atoms with van der Waals surface area (Å²) in [7, 11) is 1.97. The fourth-order valence-corrected chi connectivity index (χ4v) is 4.45. The van der Waals surface area contributed by atoms with Gasteiger partial charge in [0, 0.05) is 25.6 Å². The molecule has 19 heavy (non-hydrogen) atoms. The quantitative estimate of drug-likeness (QED) is 0.891. The Bertz CT molecular complexity index is 473. The van der Waals surface area contributed by atoms with Gasteiger partial charge in [0.15, 0.2) is 0 Å². The minimum Gasteiger partial charge on any atom is -0.389 e. The second kappa shape index (κ2) is 4.86. The van der Waals surface area contributed by atoms with Crippen molar-refractivity contribution < 1.29 is 5.11 Å². The van der Waals surface area contributed by atoms with Gasteiger partial charge in [0.05, 0.1) is 21.5 Å². The zero-order chi connectivity index (χ0) is 13.6. The van der Waals surface area contributed by atoms with Crippen LogP contribution in [0.5, 0.6) is 0 Å². The van der Waals surface area contributed by atoms with E-state index >= 15 is 0 Å². The zero-order valence-electron chi connectivity index (χ0n) is 11.6. The molecule has 0 saturated carbocycles. The summed E-state index contributed by atoms with van der Waals surface area (Å²) >= 11 is 3.65. The van der Waals surface area contributed by atoms with Crippen LogP contribution in [0.15, 0.2) is 4.47 Å². The average molecular weight is 328 g/mol. The highest BCUT2D eigenvalue weighted by atomic mass is 79.9. The maximum absolute atomic E-state index is 10.9. The van der Waals surface area contributed by atoms with Crippen molar-refractivity contribution in [3.8, 4) is 0 Å². The first kappa shape index (κ1) is 13.6. The van der Waals surface area contributed by atoms with Crippen molar-refractivity contribution in [1.29, 1.82) is 0 Å². The van der Waals surface area contributed by atoms with E-state index in [0.717, 1.165) is 35.1 Å². The van der Waals surface area contributed by atoms with Crippen LogP contribution in [0.4, 0.5) is 0 Å². The SMILES string of the molecule is CCc1nn(C)c(CC2(O)CC3CCC(C2)N3)c1Br. The molecule has 2 bridgehead atoms. The van der Waals surface area contributed by atoms with Gasteiger partial charge < -0.3 is 10.4 Å². The number of aliphatic hydroxyl groups is 1. The monoisotopic (exact) mass is 327 g/mol. The standard InChI is InChI=1S/C14H22BrN3O/c1-3-11-13(15)12(18(2)17-11)8-14(19)6-9-4-5-10(7-14)16-9/h9-10,16,19H,3-8H2,1-2H3. The van der Waals surface area contributed by atoms with E-state index in [1.807, 2.05) is 11.7 Å². The maximum Gasteiger partial charge on any atom is 0.0766 e. The van der Waals surface area contributed by atoms with E-state index in [-0.39, 0.29) is 0 Å². The number of aryl methyl sites for hydroxylation is 2. The van der Waals surface area contributed by atoms with E-state index in [0.29, 0.717) is 18.5 Å². The van der Waals surface area contributed by atoms with Crippen molar-refractivity contribution in [2.24, 2.45) is 7.05 Å². The minimum absolute atomic E-state index is 0.501. The van der Waals surface area contributed by atoms with Crippen LogP contribution < -0.4 is 5.32 Å². The van der Waals surface area contributed by atoms with Crippen molar-refractivity contribution >= 4 is 15.9 Å². The summed E-state index contributed by atoms with van der Waals surface area (Å²) in [6.07, 6.45) is 5.76. The van der Waals surface area contributed by atoms with Crippen molar-refractivity contribution in [3.05, 3.63) is 15.9 Å². The van der Waals surface area contributed by atoms with Crippen LogP contribution in [0.1, 0.15) is 44.0 Å². The van der Waals surface area contributed by atoms with Gasteiger partial charge in [0.2, 0.25) is 0 Å². The van der Waals surface area contributed by atoms with Crippen molar-refractivity contribution in [3.63, 3.8) is 0 Å². The van der Waals surface area contributed by atoms with E-state index in [1.54, 1.807) is 0 Å². The van der Waals surface area contributed by atoms with E-state index in [4.69, 9.17) is 0 Å². The lowest BCUT2D eigenvalue weighted by molar-refractivity contribution is -0.00768. The molecule has 2 N–H and O–H groups in total. The minimum atomic E-state index is -0.571. The third-order valence-electron chi connectivity index (χ3n) is 4.59. The highest BCUT2D eigenvalue weighted by molar-refractivity contribution is 9.10. The number of piperidine rings is 1. The Labute approximate surface area is 122 Å². The number of hydrogen-bond donors (Lipinski definition) is 2. The highest BCUT2D eigenvalue weighted by Crippen LogP contribution is 2.37. The van der Waals surface area contributed by atoms with Crippen LogP contribution in [0, 0.1) is 0 Å². The molecule has 2 atom stereocenters. The summed E-state index contributed by atoms with van der Waals surface area (Å²) in [5.41, 5.74) is 1.64. The Balaban J connectivity index is 1.83. The molecule has 1 aromatic rings. The first-order valence-electron chi connectivity index (χ1n) is 7.19. The van der Waals surface area contributed by atoms with E-state index in [9.17, 15) is 5.11 Å². The van der Waals surface area contributed by atoms with Gasteiger partial charge in [-0.15, -0.1) is 0 Å². The van der Waals surface area contributed by atoms with Gasteiger partial charge in [0.1, 0.15) is 0 Å². The molecule has 0 aromatic carbocycles. The molecule has 0 amide bonds. The summed E-state index contributed by atoms with van der Waals surface area (Å²) in [6.45, 7) is 2.11. The molecule has 0 radical (unpaired) electrons. The van der Waals surface area contributed by atoms with Crippen LogP contribution in [0.2, 0.25) is 0 Å². The number of nitrogens with zero attached hydrogens (tertiary/aromatic N) is 2. The number of rotatable bonds is 3. The third kappa shape index (κ3) is 2.48. The van der Waals surface area contributed by atoms with Gasteiger partial charge in [-0.05, 0) is 48.0 Å². The zero-order valence-corrected chi connectivity index (χ0v) is 13.2. The lowest BCUT2D eigenvalue weighted by Crippen LogP contribution is -2.49. The highest BCUT2D eigenvalue weighted by Gasteiger charge is 2.43. The Morgan fingerprint density at radius 1 is 1.42 bits per heavy atom. The number of hydrogen-bond acceptors (Lipinski definition) is 3. The van der Waals surface area contributed by atoms with E-state index in [2.05, 4.69) is 33.3 Å². The largest absolute Gasteiger partial charge is 0.389 e. The van der Waals surface area contributed by atoms with Crippen molar-refractivity contribution in [2.75, 3.05) is 0 Å². The Kier molecular flexibility index (Phi) is 3.48. The molecule has 1 aromatic heterocycles. The van der Waals surface area contributed by atoms with Crippen molar-refractivity contribution in [1.82, 2.24) is 15.1 Å². The van der Waals surface area contributed by atoms with Gasteiger partial charge in [-0.1, -0.05) is 6.92 Å². The molecule has 2 aliphatic heterocycles. The van der Waals surface area contributed by atoms with Gasteiger partial charge in [-0.3, -0.25) is 4.68 Å². The fourth-order valence-electron chi connectivity index (χ4n) is 3.69. The molecule has 106 valence electrons. The van der Waals surface area contributed by atoms with Crippen LogP contribution in [0.3, 0.4) is 0 Å². The van der Waals surface area contributed by atoms with Gasteiger partial charge in [-0.2, -0.15) is 5.10 Å². The van der Waals surface area contributed by atoms with E-state index in [1.165, 1.54) is 12.8 Å². The van der Waals surface area contributed by atoms with Crippen LogP contribution >= 0.6 is 15.9 Å². The topological polar surface area (TPSA) is 50.1 Å². The molecule has 0 spiro atoms. The average Bonchev–Trinajstić information content (AvgIpc) is 2.83. The van der Waals surface area contributed by atoms with Crippen molar-refractivity contribution in [2.45, 2.75) is 63.1 Å². The van der Waals surface area contributed by atoms with E-state index < -0.39 is 5.60 Å². The summed E-state index contributed by atoms with van der Waals surface area (Å²) < 4.78 is 3.00. The van der Waals surface area contributed by atoms with Gasteiger partial charge >= 0.3 is 0 Å². The number of fused-ring (bicyclic) bond motifs is 2. The molecular weight excluding hydrogens is 306 g/mol. The maximum atomic E-state index is 10.9. The van der Waals surface area contributed by atoms with Crippen LogP contribution in [0.25, 0.3) is 0 Å². The molecule has 3 rings (SSSR count). The molecule has 2 saturated heterocycles. The summed E-state index contributed by atoms with van der Waals surface area (Å²) in [5, 5.41) is 19.0. The third-order valence-corrected chi connectivity index (χ3v) is 5.50. The lowest BCUT2D eigenvalue weighted by Gasteiger charge is -2.37. The second-order valence-electron chi connectivity index (χ2n) is 6.13. The number of halogens is 1. The molecule has 0 aliphatic carbocycles. The number of nitrogens with one attached hydrogen (secondary N) is 1. The summed E-state index contributed by atoms with van der Waals surface area (Å²) in [4.78, 5) is 0. The Morgan fingerprint density at radius 2 is 2.05 bits per heavy atom. The molecule has 2 fully saturated rings. The van der Waals surface area contributed by atoms with Crippen LogP contribution in [-0.2, 0) is 19.9 Å². The summed E-state index contributed by atoms with van der Waals surface area (Å²) in [6, 6.07) is 1.00. The first-order valence-corrected chi connectivity index (χ1v) is 7.99. The molecule has 4 nitrogen and oxygen atoms in total. The van der Waals surface area contributed by atoms with Crippen LogP contribution in [-0.4, -0.2) is 32.6 Å². The fraction of sp³-hybridized carbons (Fsp3) is 0.786. The lowest BCUT2D eigenvalue weighted by atomic mass is 9.83. The molecule has 3 heterocycles. The molecular formula is C14H22BrN3O.